The minimum atomic E-state index is -3.07. The number of hydrogen-bond acceptors (Lipinski definition) is 7. The molecule has 2 aromatic carbocycles. The Kier molecular flexibility index (Phi) is 8.30. The third kappa shape index (κ3) is 6.68. The molecule has 38 heavy (non-hydrogen) atoms. The molecule has 0 aliphatic heterocycles. The summed E-state index contributed by atoms with van der Waals surface area (Å²) in [5, 5.41) is 2.62. The topological polar surface area (TPSA) is 126 Å². The van der Waals surface area contributed by atoms with Crippen molar-refractivity contribution in [3.63, 3.8) is 0 Å². The molecule has 1 aliphatic carbocycles. The van der Waals surface area contributed by atoms with Crippen molar-refractivity contribution in [3.05, 3.63) is 64.3 Å². The number of benzene rings is 2. The Morgan fingerprint density at radius 1 is 1.24 bits per heavy atom. The summed E-state index contributed by atoms with van der Waals surface area (Å²) in [7, 11) is 0. The summed E-state index contributed by atoms with van der Waals surface area (Å²) in [6, 6.07) is 8.12. The highest BCUT2D eigenvalue weighted by molar-refractivity contribution is 6.31. The SMILES string of the molecule is CC(OC(N)=O)c1oc(-c2ccc(OC(F)F)c(OCC3CC3)c2)nc1C(=O)NCc1c(F)cccc1Cl. The van der Waals surface area contributed by atoms with Crippen molar-refractivity contribution in [1.29, 1.82) is 0 Å². The number of carbonyl (C=O) groups excluding carboxylic acids is 2. The van der Waals surface area contributed by atoms with Crippen LogP contribution in [0.4, 0.5) is 18.0 Å². The maximum Gasteiger partial charge on any atom is 0.405 e. The Bertz CT molecular complexity index is 1310. The van der Waals surface area contributed by atoms with Gasteiger partial charge >= 0.3 is 12.7 Å². The second-order valence-corrected chi connectivity index (χ2v) is 8.90. The third-order valence-electron chi connectivity index (χ3n) is 5.60. The lowest BCUT2D eigenvalue weighted by molar-refractivity contribution is -0.0515. The zero-order valence-electron chi connectivity index (χ0n) is 20.0. The second-order valence-electron chi connectivity index (χ2n) is 8.49. The van der Waals surface area contributed by atoms with Crippen molar-refractivity contribution in [3.8, 4) is 23.0 Å². The zero-order chi connectivity index (χ0) is 27.4. The van der Waals surface area contributed by atoms with Gasteiger partial charge in [0, 0.05) is 22.7 Å². The van der Waals surface area contributed by atoms with Crippen molar-refractivity contribution in [2.24, 2.45) is 11.7 Å². The van der Waals surface area contributed by atoms with Gasteiger partial charge in [-0.15, -0.1) is 0 Å². The fourth-order valence-corrected chi connectivity index (χ4v) is 3.74. The lowest BCUT2D eigenvalue weighted by atomic mass is 10.2. The number of nitrogens with two attached hydrogens (primary N) is 1. The quantitative estimate of drug-likeness (QED) is 0.316. The van der Waals surface area contributed by atoms with Gasteiger partial charge in [-0.2, -0.15) is 8.78 Å². The first-order valence-electron chi connectivity index (χ1n) is 11.5. The Morgan fingerprint density at radius 3 is 2.66 bits per heavy atom. The predicted octanol–water partition coefficient (Wildman–Crippen LogP) is 5.61. The molecule has 3 aromatic rings. The second kappa shape index (κ2) is 11.6. The number of aromatic nitrogens is 1. The van der Waals surface area contributed by atoms with Crippen LogP contribution in [0, 0.1) is 11.7 Å². The van der Waals surface area contributed by atoms with E-state index in [0.717, 1.165) is 12.8 Å². The van der Waals surface area contributed by atoms with E-state index in [4.69, 9.17) is 31.2 Å². The normalized spacial score (nSPS) is 13.7. The summed E-state index contributed by atoms with van der Waals surface area (Å²) in [5.74, 6) is -1.46. The van der Waals surface area contributed by atoms with Crippen LogP contribution < -0.4 is 20.5 Å². The number of carbonyl (C=O) groups is 2. The summed E-state index contributed by atoms with van der Waals surface area (Å²) < 4.78 is 60.8. The molecule has 3 N–H and O–H groups in total. The molecule has 1 saturated carbocycles. The van der Waals surface area contributed by atoms with Gasteiger partial charge in [-0.05, 0) is 56.0 Å². The number of ether oxygens (including phenoxy) is 3. The molecule has 1 fully saturated rings. The van der Waals surface area contributed by atoms with Crippen LogP contribution in [0.5, 0.6) is 11.5 Å². The van der Waals surface area contributed by atoms with Gasteiger partial charge in [0.25, 0.3) is 5.91 Å². The van der Waals surface area contributed by atoms with Gasteiger partial charge in [0.15, 0.2) is 29.1 Å². The highest BCUT2D eigenvalue weighted by Crippen LogP contribution is 2.37. The highest BCUT2D eigenvalue weighted by Gasteiger charge is 2.28. The number of rotatable bonds is 11. The number of amides is 2. The molecule has 0 spiro atoms. The van der Waals surface area contributed by atoms with Crippen LogP contribution in [0.25, 0.3) is 11.5 Å². The van der Waals surface area contributed by atoms with Crippen molar-refractivity contribution in [2.45, 2.75) is 39.0 Å². The van der Waals surface area contributed by atoms with Crippen molar-refractivity contribution in [2.75, 3.05) is 6.61 Å². The molecule has 0 radical (unpaired) electrons. The summed E-state index contributed by atoms with van der Waals surface area (Å²) in [6.07, 6.45) is -0.299. The van der Waals surface area contributed by atoms with Crippen LogP contribution >= 0.6 is 11.6 Å². The van der Waals surface area contributed by atoms with E-state index in [1.807, 2.05) is 0 Å². The van der Waals surface area contributed by atoms with E-state index in [-0.39, 0.29) is 51.5 Å². The molecule has 0 bridgehead atoms. The van der Waals surface area contributed by atoms with Crippen LogP contribution in [-0.4, -0.2) is 30.2 Å². The van der Waals surface area contributed by atoms with E-state index in [9.17, 15) is 22.8 Å². The minimum Gasteiger partial charge on any atom is -0.489 e. The largest absolute Gasteiger partial charge is 0.489 e. The van der Waals surface area contributed by atoms with Crippen LogP contribution in [-0.2, 0) is 11.3 Å². The fourth-order valence-electron chi connectivity index (χ4n) is 3.51. The average Bonchev–Trinajstić information content (AvgIpc) is 3.57. The Labute approximate surface area is 220 Å². The molecular weight excluding hydrogens is 531 g/mol. The molecule has 1 aromatic heterocycles. The smallest absolute Gasteiger partial charge is 0.405 e. The van der Waals surface area contributed by atoms with Crippen molar-refractivity contribution in [1.82, 2.24) is 10.3 Å². The number of oxazole rings is 1. The van der Waals surface area contributed by atoms with Crippen LogP contribution in [0.15, 0.2) is 40.8 Å². The van der Waals surface area contributed by atoms with Crippen LogP contribution in [0.2, 0.25) is 5.02 Å². The number of nitrogens with one attached hydrogen (secondary N) is 1. The van der Waals surface area contributed by atoms with Gasteiger partial charge in [-0.25, -0.2) is 14.2 Å². The maximum absolute atomic E-state index is 14.1. The van der Waals surface area contributed by atoms with Crippen LogP contribution in [0.1, 0.15) is 47.7 Å². The molecule has 1 aliphatic rings. The molecule has 4 rings (SSSR count). The van der Waals surface area contributed by atoms with Gasteiger partial charge in [0.1, 0.15) is 5.82 Å². The molecule has 13 heteroatoms. The van der Waals surface area contributed by atoms with Gasteiger partial charge < -0.3 is 29.7 Å². The van der Waals surface area contributed by atoms with Gasteiger partial charge in [-0.3, -0.25) is 4.79 Å². The monoisotopic (exact) mass is 553 g/mol. The van der Waals surface area contributed by atoms with E-state index in [1.165, 1.54) is 43.3 Å². The first kappa shape index (κ1) is 27.1. The Balaban J connectivity index is 1.65. The standard InChI is InChI=1S/C25H23ClF3N3O6/c1-12(36-25(30)34)21-20(22(33)31-10-15-16(26)3-2-4-17(15)27)32-23(38-21)14-7-8-18(37-24(28)29)19(9-14)35-11-13-5-6-13/h2-4,7-9,12-13,24H,5-6,10-11H2,1H3,(H2,30,34)(H,31,33). The number of primary amides is 1. The van der Waals surface area contributed by atoms with Crippen LogP contribution in [0.3, 0.4) is 0 Å². The molecule has 1 heterocycles. The van der Waals surface area contributed by atoms with E-state index >= 15 is 0 Å². The molecule has 202 valence electrons. The molecule has 1 atom stereocenters. The van der Waals surface area contributed by atoms with E-state index < -0.39 is 30.5 Å². The Morgan fingerprint density at radius 2 is 2.00 bits per heavy atom. The number of nitrogens with zero attached hydrogens (tertiary/aromatic N) is 1. The lowest BCUT2D eigenvalue weighted by Gasteiger charge is -2.13. The predicted molar refractivity (Wildman–Crippen MR) is 128 cm³/mol. The molecule has 2 amide bonds. The number of alkyl halides is 2. The van der Waals surface area contributed by atoms with Crippen molar-refractivity contribution < 1.29 is 41.4 Å². The van der Waals surface area contributed by atoms with Crippen molar-refractivity contribution >= 4 is 23.6 Å². The first-order valence-corrected chi connectivity index (χ1v) is 11.9. The number of halogens is 4. The summed E-state index contributed by atoms with van der Waals surface area (Å²) in [4.78, 5) is 28.6. The van der Waals surface area contributed by atoms with E-state index in [1.54, 1.807) is 0 Å². The summed E-state index contributed by atoms with van der Waals surface area (Å²) >= 11 is 6.02. The highest BCUT2D eigenvalue weighted by atomic mass is 35.5. The van der Waals surface area contributed by atoms with Gasteiger partial charge in [-0.1, -0.05) is 17.7 Å². The zero-order valence-corrected chi connectivity index (χ0v) is 20.8. The first-order chi connectivity index (χ1) is 18.1. The summed E-state index contributed by atoms with van der Waals surface area (Å²) in [5.41, 5.74) is 5.16. The minimum absolute atomic E-state index is 0.0380. The number of hydrogen-bond donors (Lipinski definition) is 2. The van der Waals surface area contributed by atoms with E-state index in [0.29, 0.717) is 12.5 Å². The lowest BCUT2D eigenvalue weighted by Crippen LogP contribution is -2.26. The molecule has 1 unspecified atom stereocenters. The van der Waals surface area contributed by atoms with E-state index in [2.05, 4.69) is 15.0 Å². The van der Waals surface area contributed by atoms with Gasteiger partial charge in [0.05, 0.1) is 6.61 Å². The van der Waals surface area contributed by atoms with Gasteiger partial charge in [0.2, 0.25) is 5.89 Å². The Hall–Kier alpha value is -3.93. The summed E-state index contributed by atoms with van der Waals surface area (Å²) in [6.45, 7) is -1.61. The molecule has 9 nitrogen and oxygen atoms in total. The third-order valence-corrected chi connectivity index (χ3v) is 5.95. The molecule has 0 saturated heterocycles. The molecular formula is C25H23ClF3N3O6. The maximum atomic E-state index is 14.1. The average molecular weight is 554 g/mol. The fraction of sp³-hybridized carbons (Fsp3) is 0.320.